The molecule has 0 saturated carbocycles. The number of nitrogens with one attached hydrogen (secondary N) is 1. The number of likely N-dealkylation sites (tertiary alicyclic amines) is 1. The lowest BCUT2D eigenvalue weighted by Crippen LogP contribution is -2.47. The third kappa shape index (κ3) is 3.20. The number of amides is 1. The van der Waals surface area contributed by atoms with Crippen molar-refractivity contribution < 1.29 is 4.79 Å². The van der Waals surface area contributed by atoms with Crippen LogP contribution in [0.1, 0.15) is 30.4 Å². The average Bonchev–Trinajstić information content (AvgIpc) is 2.45. The quantitative estimate of drug-likeness (QED) is 0.857. The Balaban J connectivity index is 2.10. The topological polar surface area (TPSA) is 32.3 Å². The van der Waals surface area contributed by atoms with E-state index in [1.165, 1.54) is 5.56 Å². The zero-order chi connectivity index (χ0) is 14.5. The van der Waals surface area contributed by atoms with Crippen molar-refractivity contribution in [2.24, 2.45) is 0 Å². The maximum absolute atomic E-state index is 12.5. The highest BCUT2D eigenvalue weighted by Crippen LogP contribution is 2.21. The number of nitrogens with zero attached hydrogens (tertiary/aromatic N) is 1. The van der Waals surface area contributed by atoms with Gasteiger partial charge in [0.15, 0.2) is 0 Å². The van der Waals surface area contributed by atoms with Crippen molar-refractivity contribution in [3.05, 3.63) is 29.3 Å². The molecule has 0 radical (unpaired) electrons. The number of carbonyl (C=O) groups excluding carboxylic acids is 1. The van der Waals surface area contributed by atoms with Gasteiger partial charge in [-0.3, -0.25) is 9.69 Å². The lowest BCUT2D eigenvalue weighted by molar-refractivity contribution is -0.122. The second kappa shape index (κ2) is 6.58. The number of terminal acetylenes is 1. The molecule has 0 spiro atoms. The molecule has 1 saturated heterocycles. The fraction of sp³-hybridized carbons (Fsp3) is 0.471. The Morgan fingerprint density at radius 3 is 3.00 bits per heavy atom. The Labute approximate surface area is 121 Å². The average molecular weight is 270 g/mol. The summed E-state index contributed by atoms with van der Waals surface area (Å²) in [5.74, 6) is 2.72. The zero-order valence-electron chi connectivity index (χ0n) is 12.3. The number of hydrogen-bond donors (Lipinski definition) is 1. The fourth-order valence-electron chi connectivity index (χ4n) is 2.70. The minimum Gasteiger partial charge on any atom is -0.324 e. The van der Waals surface area contributed by atoms with E-state index < -0.39 is 0 Å². The van der Waals surface area contributed by atoms with Crippen LogP contribution in [0, 0.1) is 26.2 Å². The van der Waals surface area contributed by atoms with Gasteiger partial charge >= 0.3 is 0 Å². The zero-order valence-corrected chi connectivity index (χ0v) is 12.3. The number of hydrogen-bond acceptors (Lipinski definition) is 2. The summed E-state index contributed by atoms with van der Waals surface area (Å²) in [6.45, 7) is 5.54. The van der Waals surface area contributed by atoms with Crippen LogP contribution < -0.4 is 5.32 Å². The van der Waals surface area contributed by atoms with E-state index in [1.807, 2.05) is 19.1 Å². The van der Waals surface area contributed by atoms with Crippen LogP contribution in [0.4, 0.5) is 5.69 Å². The molecule has 1 N–H and O–H groups in total. The fourth-order valence-corrected chi connectivity index (χ4v) is 2.70. The predicted octanol–water partition coefficient (Wildman–Crippen LogP) is 2.73. The van der Waals surface area contributed by atoms with Gasteiger partial charge in [0.25, 0.3) is 0 Å². The molecule has 2 rings (SSSR count). The molecule has 0 unspecified atom stereocenters. The molecule has 1 aliphatic heterocycles. The van der Waals surface area contributed by atoms with Gasteiger partial charge in [0.1, 0.15) is 0 Å². The first kappa shape index (κ1) is 14.6. The van der Waals surface area contributed by atoms with Gasteiger partial charge in [-0.1, -0.05) is 24.5 Å². The maximum atomic E-state index is 12.5. The molecule has 106 valence electrons. The molecular weight excluding hydrogens is 248 g/mol. The van der Waals surface area contributed by atoms with E-state index in [4.69, 9.17) is 6.42 Å². The third-order valence-corrected chi connectivity index (χ3v) is 4.07. The van der Waals surface area contributed by atoms with Crippen molar-refractivity contribution >= 4 is 11.6 Å². The second-order valence-electron chi connectivity index (χ2n) is 5.42. The van der Waals surface area contributed by atoms with E-state index in [0.717, 1.165) is 37.1 Å². The van der Waals surface area contributed by atoms with Crippen LogP contribution in [0.15, 0.2) is 18.2 Å². The molecule has 20 heavy (non-hydrogen) atoms. The van der Waals surface area contributed by atoms with Gasteiger partial charge in [0.2, 0.25) is 5.91 Å². The SMILES string of the molecule is C#CCN1CCCC[C@H]1C(=O)Nc1cccc(C)c1C. The molecule has 1 heterocycles. The van der Waals surface area contributed by atoms with Crippen molar-refractivity contribution in [3.63, 3.8) is 0 Å². The highest BCUT2D eigenvalue weighted by molar-refractivity contribution is 5.95. The highest BCUT2D eigenvalue weighted by atomic mass is 16.2. The van der Waals surface area contributed by atoms with E-state index in [0.29, 0.717) is 6.54 Å². The molecular formula is C17H22N2O. The molecule has 0 bridgehead atoms. The van der Waals surface area contributed by atoms with Crippen molar-refractivity contribution in [1.82, 2.24) is 4.90 Å². The summed E-state index contributed by atoms with van der Waals surface area (Å²) >= 11 is 0. The van der Waals surface area contributed by atoms with E-state index in [-0.39, 0.29) is 11.9 Å². The van der Waals surface area contributed by atoms with Crippen LogP contribution in [-0.2, 0) is 4.79 Å². The molecule has 1 aliphatic rings. The van der Waals surface area contributed by atoms with Crippen LogP contribution >= 0.6 is 0 Å². The van der Waals surface area contributed by atoms with Crippen LogP contribution in [0.3, 0.4) is 0 Å². The first-order valence-corrected chi connectivity index (χ1v) is 7.18. The maximum Gasteiger partial charge on any atom is 0.241 e. The van der Waals surface area contributed by atoms with Gasteiger partial charge < -0.3 is 5.32 Å². The first-order chi connectivity index (χ1) is 9.63. The van der Waals surface area contributed by atoms with Gasteiger partial charge in [-0.05, 0) is 50.4 Å². The molecule has 1 fully saturated rings. The predicted molar refractivity (Wildman–Crippen MR) is 82.6 cm³/mol. The lowest BCUT2D eigenvalue weighted by atomic mass is 10.0. The van der Waals surface area contributed by atoms with Gasteiger partial charge in [-0.15, -0.1) is 6.42 Å². The molecule has 3 heteroatoms. The highest BCUT2D eigenvalue weighted by Gasteiger charge is 2.28. The van der Waals surface area contributed by atoms with E-state index in [2.05, 4.69) is 29.1 Å². The lowest BCUT2D eigenvalue weighted by Gasteiger charge is -2.33. The van der Waals surface area contributed by atoms with Gasteiger partial charge in [-0.2, -0.15) is 0 Å². The van der Waals surface area contributed by atoms with Crippen LogP contribution in [-0.4, -0.2) is 29.9 Å². The smallest absolute Gasteiger partial charge is 0.241 e. The standard InChI is InChI=1S/C17H22N2O/c1-4-11-19-12-6-5-10-16(19)17(20)18-15-9-7-8-13(2)14(15)3/h1,7-9,16H,5-6,10-12H2,2-3H3,(H,18,20)/t16-/m0/s1. The Kier molecular flexibility index (Phi) is 4.81. The Morgan fingerprint density at radius 2 is 2.25 bits per heavy atom. The Hall–Kier alpha value is -1.79. The van der Waals surface area contributed by atoms with E-state index >= 15 is 0 Å². The molecule has 0 aromatic heterocycles. The number of piperidine rings is 1. The summed E-state index contributed by atoms with van der Waals surface area (Å²) in [5, 5.41) is 3.06. The number of benzene rings is 1. The molecule has 1 amide bonds. The number of rotatable bonds is 3. The minimum absolute atomic E-state index is 0.0636. The van der Waals surface area contributed by atoms with Gasteiger partial charge in [0.05, 0.1) is 12.6 Å². The third-order valence-electron chi connectivity index (χ3n) is 4.07. The van der Waals surface area contributed by atoms with Crippen molar-refractivity contribution in [2.45, 2.75) is 39.2 Å². The Morgan fingerprint density at radius 1 is 1.45 bits per heavy atom. The number of carbonyl (C=O) groups is 1. The van der Waals surface area contributed by atoms with Crippen LogP contribution in [0.5, 0.6) is 0 Å². The summed E-state index contributed by atoms with van der Waals surface area (Å²) in [5.41, 5.74) is 3.22. The van der Waals surface area contributed by atoms with Gasteiger partial charge in [0, 0.05) is 5.69 Å². The summed E-state index contributed by atoms with van der Waals surface area (Å²) in [6.07, 6.45) is 8.49. The van der Waals surface area contributed by atoms with Crippen molar-refractivity contribution in [1.29, 1.82) is 0 Å². The monoisotopic (exact) mass is 270 g/mol. The normalized spacial score (nSPS) is 19.4. The summed E-state index contributed by atoms with van der Waals surface area (Å²) in [7, 11) is 0. The minimum atomic E-state index is -0.0975. The summed E-state index contributed by atoms with van der Waals surface area (Å²) < 4.78 is 0. The Bertz CT molecular complexity index is 530. The number of anilines is 1. The van der Waals surface area contributed by atoms with Crippen molar-refractivity contribution in [2.75, 3.05) is 18.4 Å². The number of aryl methyl sites for hydroxylation is 1. The largest absolute Gasteiger partial charge is 0.324 e. The van der Waals surface area contributed by atoms with Crippen LogP contribution in [0.25, 0.3) is 0 Å². The summed E-state index contributed by atoms with van der Waals surface area (Å²) in [4.78, 5) is 14.6. The van der Waals surface area contributed by atoms with Crippen molar-refractivity contribution in [3.8, 4) is 12.3 Å². The van der Waals surface area contributed by atoms with Gasteiger partial charge in [-0.25, -0.2) is 0 Å². The molecule has 1 atom stereocenters. The molecule has 3 nitrogen and oxygen atoms in total. The molecule has 1 aromatic rings. The second-order valence-corrected chi connectivity index (χ2v) is 5.42. The van der Waals surface area contributed by atoms with E-state index in [1.54, 1.807) is 0 Å². The van der Waals surface area contributed by atoms with Crippen LogP contribution in [0.2, 0.25) is 0 Å². The first-order valence-electron chi connectivity index (χ1n) is 7.18. The van der Waals surface area contributed by atoms with E-state index in [9.17, 15) is 4.79 Å². The summed E-state index contributed by atoms with van der Waals surface area (Å²) in [6, 6.07) is 5.88. The molecule has 1 aromatic carbocycles. The molecule has 0 aliphatic carbocycles.